The fourth-order valence-corrected chi connectivity index (χ4v) is 1.48. The minimum atomic E-state index is 0.682. The Morgan fingerprint density at radius 1 is 1.20 bits per heavy atom. The van der Waals surface area contributed by atoms with Gasteiger partial charge in [-0.15, -0.1) is 0 Å². The van der Waals surface area contributed by atoms with Crippen LogP contribution in [-0.2, 0) is 6.42 Å². The second-order valence-electron chi connectivity index (χ2n) is 3.32. The zero-order chi connectivity index (χ0) is 10.5. The fourth-order valence-electron chi connectivity index (χ4n) is 1.48. The lowest BCUT2D eigenvalue weighted by Gasteiger charge is -2.04. The Labute approximate surface area is 88.8 Å². The van der Waals surface area contributed by atoms with Gasteiger partial charge < -0.3 is 5.73 Å². The summed E-state index contributed by atoms with van der Waals surface area (Å²) < 4.78 is 1.86. The van der Waals surface area contributed by atoms with Gasteiger partial charge in [0.25, 0.3) is 0 Å². The van der Waals surface area contributed by atoms with E-state index in [9.17, 15) is 0 Å². The number of aromatic nitrogens is 3. The summed E-state index contributed by atoms with van der Waals surface area (Å²) in [5, 5.41) is 4.20. The van der Waals surface area contributed by atoms with Crippen LogP contribution in [0.15, 0.2) is 36.7 Å². The molecule has 0 spiro atoms. The maximum atomic E-state index is 5.48. The number of hydrogen-bond acceptors (Lipinski definition) is 3. The topological polar surface area (TPSA) is 56.7 Å². The lowest BCUT2D eigenvalue weighted by atomic mass is 10.3. The normalized spacial score (nSPS) is 10.5. The molecule has 1 aromatic heterocycles. The molecule has 15 heavy (non-hydrogen) atoms. The van der Waals surface area contributed by atoms with Crippen molar-refractivity contribution in [2.45, 2.75) is 12.8 Å². The Balaban J connectivity index is 2.25. The number of rotatable bonds is 4. The van der Waals surface area contributed by atoms with Gasteiger partial charge in [0.15, 0.2) is 0 Å². The van der Waals surface area contributed by atoms with Crippen LogP contribution >= 0.6 is 0 Å². The van der Waals surface area contributed by atoms with Gasteiger partial charge in [-0.3, -0.25) is 0 Å². The van der Waals surface area contributed by atoms with E-state index in [1.807, 2.05) is 35.0 Å². The van der Waals surface area contributed by atoms with Gasteiger partial charge in [-0.2, -0.15) is 5.10 Å². The summed E-state index contributed by atoms with van der Waals surface area (Å²) in [5.74, 6) is 0.964. The smallest absolute Gasteiger partial charge is 0.138 e. The van der Waals surface area contributed by atoms with E-state index in [1.54, 1.807) is 6.33 Å². The molecule has 1 aromatic carbocycles. The van der Waals surface area contributed by atoms with Crippen LogP contribution < -0.4 is 5.73 Å². The van der Waals surface area contributed by atoms with Crippen LogP contribution in [-0.4, -0.2) is 21.3 Å². The zero-order valence-electron chi connectivity index (χ0n) is 8.50. The van der Waals surface area contributed by atoms with Crippen molar-refractivity contribution in [3.05, 3.63) is 42.5 Å². The van der Waals surface area contributed by atoms with Gasteiger partial charge in [0.05, 0.1) is 5.69 Å². The van der Waals surface area contributed by atoms with Gasteiger partial charge in [0.1, 0.15) is 12.2 Å². The summed E-state index contributed by atoms with van der Waals surface area (Å²) in [6, 6.07) is 9.99. The first-order chi connectivity index (χ1) is 7.42. The number of hydrogen-bond donors (Lipinski definition) is 1. The summed E-state index contributed by atoms with van der Waals surface area (Å²) in [6.07, 6.45) is 3.38. The molecule has 0 aliphatic heterocycles. The molecule has 2 aromatic rings. The average molecular weight is 202 g/mol. The van der Waals surface area contributed by atoms with E-state index in [4.69, 9.17) is 5.73 Å². The number of nitrogens with zero attached hydrogens (tertiary/aromatic N) is 3. The fraction of sp³-hybridized carbons (Fsp3) is 0.273. The zero-order valence-corrected chi connectivity index (χ0v) is 8.50. The van der Waals surface area contributed by atoms with Gasteiger partial charge in [0.2, 0.25) is 0 Å². The molecule has 0 aliphatic carbocycles. The molecule has 4 nitrogen and oxygen atoms in total. The van der Waals surface area contributed by atoms with Crippen molar-refractivity contribution in [2.24, 2.45) is 5.73 Å². The van der Waals surface area contributed by atoms with E-state index in [2.05, 4.69) is 10.1 Å². The van der Waals surface area contributed by atoms with Gasteiger partial charge in [0, 0.05) is 6.42 Å². The summed E-state index contributed by atoms with van der Waals surface area (Å²) >= 11 is 0. The Morgan fingerprint density at radius 2 is 2.00 bits per heavy atom. The van der Waals surface area contributed by atoms with Gasteiger partial charge in [-0.1, -0.05) is 18.2 Å². The Kier molecular flexibility index (Phi) is 3.09. The second-order valence-corrected chi connectivity index (χ2v) is 3.32. The first-order valence-corrected chi connectivity index (χ1v) is 5.06. The van der Waals surface area contributed by atoms with E-state index >= 15 is 0 Å². The molecule has 0 fully saturated rings. The molecule has 0 unspecified atom stereocenters. The number of para-hydroxylation sites is 1. The summed E-state index contributed by atoms with van der Waals surface area (Å²) in [6.45, 7) is 0.682. The predicted molar refractivity (Wildman–Crippen MR) is 58.7 cm³/mol. The third-order valence-corrected chi connectivity index (χ3v) is 2.22. The van der Waals surface area contributed by atoms with Crippen molar-refractivity contribution in [2.75, 3.05) is 6.54 Å². The van der Waals surface area contributed by atoms with E-state index in [-0.39, 0.29) is 0 Å². The van der Waals surface area contributed by atoms with E-state index in [0.717, 1.165) is 24.4 Å². The molecular weight excluding hydrogens is 188 g/mol. The minimum absolute atomic E-state index is 0.682. The maximum absolute atomic E-state index is 5.48. The van der Waals surface area contributed by atoms with E-state index in [0.29, 0.717) is 6.54 Å². The molecule has 78 valence electrons. The Hall–Kier alpha value is -1.68. The minimum Gasteiger partial charge on any atom is -0.330 e. The van der Waals surface area contributed by atoms with Crippen LogP contribution in [0.2, 0.25) is 0 Å². The second kappa shape index (κ2) is 4.70. The van der Waals surface area contributed by atoms with Crippen molar-refractivity contribution in [3.63, 3.8) is 0 Å². The lowest BCUT2D eigenvalue weighted by Crippen LogP contribution is -2.06. The van der Waals surface area contributed by atoms with Crippen molar-refractivity contribution < 1.29 is 0 Å². The quantitative estimate of drug-likeness (QED) is 0.809. The third-order valence-electron chi connectivity index (χ3n) is 2.22. The molecule has 0 amide bonds. The van der Waals surface area contributed by atoms with Crippen molar-refractivity contribution in [1.82, 2.24) is 14.8 Å². The largest absolute Gasteiger partial charge is 0.330 e. The average Bonchev–Trinajstić information content (AvgIpc) is 2.75. The molecule has 0 atom stereocenters. The lowest BCUT2D eigenvalue weighted by molar-refractivity contribution is 0.732. The summed E-state index contributed by atoms with van der Waals surface area (Å²) in [4.78, 5) is 4.23. The van der Waals surface area contributed by atoms with E-state index < -0.39 is 0 Å². The molecule has 1 heterocycles. The van der Waals surface area contributed by atoms with Crippen LogP contribution in [0.3, 0.4) is 0 Å². The highest BCUT2D eigenvalue weighted by molar-refractivity contribution is 5.30. The maximum Gasteiger partial charge on any atom is 0.138 e. The van der Waals surface area contributed by atoms with Crippen molar-refractivity contribution in [3.8, 4) is 5.69 Å². The molecule has 0 saturated carbocycles. The third kappa shape index (κ3) is 2.22. The monoisotopic (exact) mass is 202 g/mol. The van der Waals surface area contributed by atoms with Crippen molar-refractivity contribution in [1.29, 1.82) is 0 Å². The summed E-state index contributed by atoms with van der Waals surface area (Å²) in [7, 11) is 0. The van der Waals surface area contributed by atoms with Crippen LogP contribution in [0.5, 0.6) is 0 Å². The number of aryl methyl sites for hydroxylation is 1. The molecule has 2 rings (SSSR count). The molecular formula is C11H14N4. The van der Waals surface area contributed by atoms with Gasteiger partial charge in [-0.25, -0.2) is 9.67 Å². The van der Waals surface area contributed by atoms with Crippen LogP contribution in [0, 0.1) is 0 Å². The summed E-state index contributed by atoms with van der Waals surface area (Å²) in [5.41, 5.74) is 6.52. The SMILES string of the molecule is NCCCc1ncnn1-c1ccccc1. The highest BCUT2D eigenvalue weighted by Gasteiger charge is 2.04. The van der Waals surface area contributed by atoms with E-state index in [1.165, 1.54) is 0 Å². The highest BCUT2D eigenvalue weighted by atomic mass is 15.3. The standard InChI is InChI=1S/C11H14N4/c12-8-4-7-11-13-9-14-15(11)10-5-2-1-3-6-10/h1-3,5-6,9H,4,7-8,12H2. The molecule has 0 bridgehead atoms. The Bertz CT molecular complexity index is 408. The van der Waals surface area contributed by atoms with Crippen LogP contribution in [0.25, 0.3) is 5.69 Å². The molecule has 0 radical (unpaired) electrons. The van der Waals surface area contributed by atoms with Crippen molar-refractivity contribution >= 4 is 0 Å². The predicted octanol–water partition coefficient (Wildman–Crippen LogP) is 1.16. The first-order valence-electron chi connectivity index (χ1n) is 5.06. The van der Waals surface area contributed by atoms with Gasteiger partial charge >= 0.3 is 0 Å². The number of nitrogens with two attached hydrogens (primary N) is 1. The van der Waals surface area contributed by atoms with Crippen LogP contribution in [0.4, 0.5) is 0 Å². The number of benzene rings is 1. The molecule has 4 heteroatoms. The molecule has 0 aliphatic rings. The highest BCUT2D eigenvalue weighted by Crippen LogP contribution is 2.08. The molecule has 0 saturated heterocycles. The van der Waals surface area contributed by atoms with Crippen LogP contribution in [0.1, 0.15) is 12.2 Å². The van der Waals surface area contributed by atoms with Gasteiger partial charge in [-0.05, 0) is 25.1 Å². The first kappa shape index (κ1) is 9.86. The molecule has 2 N–H and O–H groups in total. The Morgan fingerprint density at radius 3 is 2.73 bits per heavy atom.